The van der Waals surface area contributed by atoms with Crippen molar-refractivity contribution >= 4 is 28.6 Å². The maximum absolute atomic E-state index is 12.5. The second-order valence-corrected chi connectivity index (χ2v) is 7.80. The van der Waals surface area contributed by atoms with Crippen LogP contribution in [0.2, 0.25) is 0 Å². The molecule has 28 heavy (non-hydrogen) atoms. The van der Waals surface area contributed by atoms with Crippen LogP contribution < -0.4 is 15.0 Å². The predicted molar refractivity (Wildman–Crippen MR) is 113 cm³/mol. The van der Waals surface area contributed by atoms with Crippen LogP contribution in [0.3, 0.4) is 0 Å². The fourth-order valence-electron chi connectivity index (χ4n) is 2.72. The third-order valence-corrected chi connectivity index (χ3v) is 5.21. The van der Waals surface area contributed by atoms with E-state index >= 15 is 0 Å². The lowest BCUT2D eigenvalue weighted by molar-refractivity contribution is 0.102. The van der Waals surface area contributed by atoms with E-state index in [4.69, 9.17) is 4.74 Å². The maximum Gasteiger partial charge on any atom is 0.286 e. The quantitative estimate of drug-likeness (QED) is 0.636. The van der Waals surface area contributed by atoms with Gasteiger partial charge in [0, 0.05) is 17.4 Å². The van der Waals surface area contributed by atoms with E-state index in [-0.39, 0.29) is 5.91 Å². The maximum atomic E-state index is 12.5. The van der Waals surface area contributed by atoms with Crippen molar-refractivity contribution in [3.63, 3.8) is 0 Å². The Kier molecular flexibility index (Phi) is 6.26. The van der Waals surface area contributed by atoms with Gasteiger partial charge in [0.15, 0.2) is 0 Å². The molecule has 146 valence electrons. The lowest BCUT2D eigenvalue weighted by Crippen LogP contribution is -2.30. The number of rotatable bonds is 7. The number of carbonyl (C=O) groups excluding carboxylic acids is 1. The zero-order valence-electron chi connectivity index (χ0n) is 16.5. The number of nitrogens with one attached hydrogen (secondary N) is 1. The van der Waals surface area contributed by atoms with Gasteiger partial charge in [0.1, 0.15) is 10.8 Å². The van der Waals surface area contributed by atoms with Gasteiger partial charge in [-0.3, -0.25) is 4.79 Å². The number of carbonyl (C=O) groups is 1. The standard InChI is InChI=1S/C21H24N4O2S/c1-14(2)25(17-9-5-15(3)6-10-17)13-19-23-24-21(28-19)20(26)22-16-7-11-18(27-4)12-8-16/h5-12,14H,13H2,1-4H3,(H,22,26). The van der Waals surface area contributed by atoms with Crippen molar-refractivity contribution in [2.75, 3.05) is 17.3 Å². The van der Waals surface area contributed by atoms with Crippen molar-refractivity contribution in [2.45, 2.75) is 33.4 Å². The summed E-state index contributed by atoms with van der Waals surface area (Å²) in [5.41, 5.74) is 3.03. The summed E-state index contributed by atoms with van der Waals surface area (Å²) in [6, 6.07) is 15.9. The molecule has 0 bridgehead atoms. The second kappa shape index (κ2) is 8.84. The lowest BCUT2D eigenvalue weighted by atomic mass is 10.2. The summed E-state index contributed by atoms with van der Waals surface area (Å²) >= 11 is 1.31. The molecule has 1 heterocycles. The molecule has 0 aliphatic carbocycles. The first-order chi connectivity index (χ1) is 13.5. The molecular formula is C21H24N4O2S. The SMILES string of the molecule is COc1ccc(NC(=O)c2nnc(CN(c3ccc(C)cc3)C(C)C)s2)cc1. The average molecular weight is 397 g/mol. The highest BCUT2D eigenvalue weighted by Crippen LogP contribution is 2.23. The Morgan fingerprint density at radius 2 is 1.79 bits per heavy atom. The second-order valence-electron chi connectivity index (χ2n) is 6.74. The summed E-state index contributed by atoms with van der Waals surface area (Å²) in [7, 11) is 1.60. The van der Waals surface area contributed by atoms with Crippen LogP contribution in [0.4, 0.5) is 11.4 Å². The summed E-state index contributed by atoms with van der Waals surface area (Å²) < 4.78 is 5.12. The first-order valence-electron chi connectivity index (χ1n) is 9.07. The number of amides is 1. The average Bonchev–Trinajstić information content (AvgIpc) is 3.16. The minimum absolute atomic E-state index is 0.264. The van der Waals surface area contributed by atoms with E-state index in [0.29, 0.717) is 23.3 Å². The molecule has 0 fully saturated rings. The highest BCUT2D eigenvalue weighted by molar-refractivity contribution is 7.13. The summed E-state index contributed by atoms with van der Waals surface area (Å²) in [6.45, 7) is 6.95. The Morgan fingerprint density at radius 3 is 2.39 bits per heavy atom. The topological polar surface area (TPSA) is 67.3 Å². The van der Waals surface area contributed by atoms with Crippen molar-refractivity contribution < 1.29 is 9.53 Å². The highest BCUT2D eigenvalue weighted by atomic mass is 32.1. The Bertz CT molecular complexity index is 920. The Morgan fingerprint density at radius 1 is 1.11 bits per heavy atom. The van der Waals surface area contributed by atoms with Gasteiger partial charge in [0.05, 0.1) is 13.7 Å². The van der Waals surface area contributed by atoms with Crippen LogP contribution in [0.5, 0.6) is 5.75 Å². The van der Waals surface area contributed by atoms with E-state index in [2.05, 4.69) is 65.5 Å². The third-order valence-electron chi connectivity index (χ3n) is 4.30. The van der Waals surface area contributed by atoms with Gasteiger partial charge in [-0.1, -0.05) is 29.0 Å². The van der Waals surface area contributed by atoms with Crippen LogP contribution in [0, 0.1) is 6.92 Å². The van der Waals surface area contributed by atoms with Crippen LogP contribution in [-0.2, 0) is 6.54 Å². The molecule has 6 nitrogen and oxygen atoms in total. The summed E-state index contributed by atoms with van der Waals surface area (Å²) in [5.74, 6) is 0.474. The first-order valence-corrected chi connectivity index (χ1v) is 9.89. The van der Waals surface area contributed by atoms with Crippen LogP contribution in [0.1, 0.15) is 34.2 Å². The van der Waals surface area contributed by atoms with E-state index < -0.39 is 0 Å². The molecular weight excluding hydrogens is 372 g/mol. The molecule has 0 aliphatic heterocycles. The minimum Gasteiger partial charge on any atom is -0.497 e. The van der Waals surface area contributed by atoms with Gasteiger partial charge in [0.2, 0.25) is 5.01 Å². The van der Waals surface area contributed by atoms with Gasteiger partial charge in [-0.2, -0.15) is 0 Å². The van der Waals surface area contributed by atoms with Gasteiger partial charge in [-0.25, -0.2) is 0 Å². The van der Waals surface area contributed by atoms with Crippen molar-refractivity contribution in [3.8, 4) is 5.75 Å². The lowest BCUT2D eigenvalue weighted by Gasteiger charge is -2.28. The number of hydrogen-bond donors (Lipinski definition) is 1. The number of methoxy groups -OCH3 is 1. The molecule has 0 atom stereocenters. The zero-order valence-corrected chi connectivity index (χ0v) is 17.3. The summed E-state index contributed by atoms with van der Waals surface area (Å²) in [6.07, 6.45) is 0. The van der Waals surface area contributed by atoms with E-state index in [1.807, 2.05) is 0 Å². The number of ether oxygens (including phenoxy) is 1. The van der Waals surface area contributed by atoms with Crippen molar-refractivity contribution in [1.29, 1.82) is 0 Å². The van der Waals surface area contributed by atoms with Gasteiger partial charge >= 0.3 is 0 Å². The molecule has 7 heteroatoms. The number of hydrogen-bond acceptors (Lipinski definition) is 6. The van der Waals surface area contributed by atoms with Crippen LogP contribution >= 0.6 is 11.3 Å². The monoisotopic (exact) mass is 396 g/mol. The fraction of sp³-hybridized carbons (Fsp3) is 0.286. The number of benzene rings is 2. The molecule has 0 saturated heterocycles. The van der Waals surface area contributed by atoms with Crippen molar-refractivity contribution in [2.24, 2.45) is 0 Å². The van der Waals surface area contributed by atoms with Crippen LogP contribution in [0.15, 0.2) is 48.5 Å². The van der Waals surface area contributed by atoms with Crippen LogP contribution in [-0.4, -0.2) is 29.3 Å². The summed E-state index contributed by atoms with van der Waals surface area (Å²) in [4.78, 5) is 14.7. The Hall–Kier alpha value is -2.93. The molecule has 1 aromatic heterocycles. The predicted octanol–water partition coefficient (Wildman–Crippen LogP) is 4.52. The fourth-order valence-corrected chi connectivity index (χ4v) is 3.46. The van der Waals surface area contributed by atoms with E-state index in [9.17, 15) is 4.79 Å². The minimum atomic E-state index is -0.264. The van der Waals surface area contributed by atoms with Gasteiger partial charge < -0.3 is 15.0 Å². The molecule has 1 amide bonds. The molecule has 3 aromatic rings. The van der Waals surface area contributed by atoms with Crippen LogP contribution in [0.25, 0.3) is 0 Å². The third kappa shape index (κ3) is 4.86. The van der Waals surface area contributed by atoms with E-state index in [0.717, 1.165) is 16.4 Å². The zero-order chi connectivity index (χ0) is 20.1. The molecule has 0 saturated carbocycles. The first kappa shape index (κ1) is 19.8. The van der Waals surface area contributed by atoms with Crippen molar-refractivity contribution in [1.82, 2.24) is 10.2 Å². The van der Waals surface area contributed by atoms with E-state index in [1.165, 1.54) is 16.9 Å². The molecule has 2 aromatic carbocycles. The summed E-state index contributed by atoms with van der Waals surface area (Å²) in [5, 5.41) is 12.3. The van der Waals surface area contributed by atoms with Crippen molar-refractivity contribution in [3.05, 3.63) is 64.1 Å². The molecule has 0 aliphatic rings. The van der Waals surface area contributed by atoms with E-state index in [1.54, 1.807) is 31.4 Å². The smallest absolute Gasteiger partial charge is 0.286 e. The molecule has 0 spiro atoms. The molecule has 0 radical (unpaired) electrons. The largest absolute Gasteiger partial charge is 0.497 e. The number of anilines is 2. The Balaban J connectivity index is 1.69. The number of aromatic nitrogens is 2. The molecule has 0 unspecified atom stereocenters. The van der Waals surface area contributed by atoms with Gasteiger partial charge in [0.25, 0.3) is 5.91 Å². The van der Waals surface area contributed by atoms with Gasteiger partial charge in [-0.05, 0) is 57.2 Å². The Labute approximate surface area is 169 Å². The van der Waals surface area contributed by atoms with Gasteiger partial charge in [-0.15, -0.1) is 10.2 Å². The normalized spacial score (nSPS) is 10.8. The molecule has 3 rings (SSSR count). The molecule has 1 N–H and O–H groups in total. The number of nitrogens with zero attached hydrogens (tertiary/aromatic N) is 3. The highest BCUT2D eigenvalue weighted by Gasteiger charge is 2.17. The number of aryl methyl sites for hydroxylation is 1.